The molecule has 1 amide bonds. The zero-order valence-corrected chi connectivity index (χ0v) is 12.8. The van der Waals surface area contributed by atoms with Crippen LogP contribution in [0.4, 0.5) is 5.69 Å². The fourth-order valence-electron chi connectivity index (χ4n) is 1.71. The Morgan fingerprint density at radius 3 is 2.21 bits per heavy atom. The van der Waals surface area contributed by atoms with E-state index in [0.29, 0.717) is 0 Å². The van der Waals surface area contributed by atoms with Gasteiger partial charge in [0.1, 0.15) is 6.61 Å². The minimum Gasteiger partial charge on any atom is -0.366 e. The van der Waals surface area contributed by atoms with Crippen LogP contribution in [-0.2, 0) is 14.9 Å². The monoisotopic (exact) mass is 263 g/mol. The van der Waals surface area contributed by atoms with Gasteiger partial charge in [-0.05, 0) is 37.8 Å². The van der Waals surface area contributed by atoms with E-state index in [-0.39, 0.29) is 23.5 Å². The molecule has 0 atom stereocenters. The van der Waals surface area contributed by atoms with E-state index in [2.05, 4.69) is 26.1 Å². The first-order chi connectivity index (χ1) is 8.59. The predicted octanol–water partition coefficient (Wildman–Crippen LogP) is 3.74. The number of ether oxygens (including phenoxy) is 1. The minimum absolute atomic E-state index is 0.00520. The molecule has 1 N–H and O–H groups in total. The molecule has 106 valence electrons. The maximum absolute atomic E-state index is 11.9. The Morgan fingerprint density at radius 2 is 1.68 bits per heavy atom. The van der Waals surface area contributed by atoms with E-state index in [0.717, 1.165) is 11.3 Å². The van der Waals surface area contributed by atoms with Crippen molar-refractivity contribution in [3.8, 4) is 0 Å². The first kappa shape index (κ1) is 15.7. The second-order valence-corrected chi connectivity index (χ2v) is 6.74. The molecule has 0 bridgehead atoms. The average Bonchev–Trinajstić information content (AvgIpc) is 2.25. The normalized spacial score (nSPS) is 12.3. The Labute approximate surface area is 116 Å². The van der Waals surface area contributed by atoms with E-state index < -0.39 is 0 Å². The fourth-order valence-corrected chi connectivity index (χ4v) is 1.71. The second kappa shape index (κ2) is 5.74. The third-order valence-corrected chi connectivity index (χ3v) is 2.65. The molecule has 19 heavy (non-hydrogen) atoms. The molecule has 0 saturated carbocycles. The SMILES string of the molecule is CC(C)(C)OCC(=O)Nc1ccccc1C(C)(C)C. The summed E-state index contributed by atoms with van der Waals surface area (Å²) in [7, 11) is 0. The molecule has 3 heteroatoms. The smallest absolute Gasteiger partial charge is 0.250 e. The Morgan fingerprint density at radius 1 is 1.11 bits per heavy atom. The van der Waals surface area contributed by atoms with E-state index in [1.54, 1.807) is 0 Å². The van der Waals surface area contributed by atoms with E-state index in [4.69, 9.17) is 4.74 Å². The van der Waals surface area contributed by atoms with Crippen molar-refractivity contribution in [1.29, 1.82) is 0 Å². The predicted molar refractivity (Wildman–Crippen MR) is 79.5 cm³/mol. The molecule has 1 aromatic rings. The highest BCUT2D eigenvalue weighted by Gasteiger charge is 2.19. The minimum atomic E-state index is -0.305. The summed E-state index contributed by atoms with van der Waals surface area (Å²) < 4.78 is 5.48. The zero-order valence-electron chi connectivity index (χ0n) is 12.8. The summed E-state index contributed by atoms with van der Waals surface area (Å²) in [6.45, 7) is 12.3. The number of hydrogen-bond acceptors (Lipinski definition) is 2. The van der Waals surface area contributed by atoms with Crippen LogP contribution in [0.5, 0.6) is 0 Å². The van der Waals surface area contributed by atoms with Crippen LogP contribution < -0.4 is 5.32 Å². The van der Waals surface area contributed by atoms with Crippen molar-refractivity contribution in [2.45, 2.75) is 52.6 Å². The highest BCUT2D eigenvalue weighted by atomic mass is 16.5. The Hall–Kier alpha value is -1.35. The van der Waals surface area contributed by atoms with Gasteiger partial charge in [0, 0.05) is 5.69 Å². The van der Waals surface area contributed by atoms with E-state index in [1.165, 1.54) is 0 Å². The molecule has 0 unspecified atom stereocenters. The number of carbonyl (C=O) groups is 1. The maximum Gasteiger partial charge on any atom is 0.250 e. The lowest BCUT2D eigenvalue weighted by Gasteiger charge is -2.24. The van der Waals surface area contributed by atoms with Crippen molar-refractivity contribution in [2.75, 3.05) is 11.9 Å². The number of benzene rings is 1. The van der Waals surface area contributed by atoms with E-state index in [9.17, 15) is 4.79 Å². The Balaban J connectivity index is 2.75. The summed E-state index contributed by atoms with van der Waals surface area (Å²) in [5.74, 6) is -0.119. The van der Waals surface area contributed by atoms with Crippen molar-refractivity contribution in [3.05, 3.63) is 29.8 Å². The van der Waals surface area contributed by atoms with Gasteiger partial charge in [0.15, 0.2) is 0 Å². The number of carbonyl (C=O) groups excluding carboxylic acids is 1. The van der Waals surface area contributed by atoms with Crippen LogP contribution in [0.2, 0.25) is 0 Å². The van der Waals surface area contributed by atoms with Crippen LogP contribution in [0.25, 0.3) is 0 Å². The number of rotatable bonds is 3. The van der Waals surface area contributed by atoms with Gasteiger partial charge in [-0.3, -0.25) is 4.79 Å². The van der Waals surface area contributed by atoms with Crippen LogP contribution in [-0.4, -0.2) is 18.1 Å². The van der Waals surface area contributed by atoms with Gasteiger partial charge in [0.2, 0.25) is 5.91 Å². The Bertz CT molecular complexity index is 439. The topological polar surface area (TPSA) is 38.3 Å². The summed E-state index contributed by atoms with van der Waals surface area (Å²) in [4.78, 5) is 11.9. The molecule has 0 aliphatic carbocycles. The van der Waals surface area contributed by atoms with Crippen molar-refractivity contribution < 1.29 is 9.53 Å². The second-order valence-electron chi connectivity index (χ2n) is 6.74. The van der Waals surface area contributed by atoms with Gasteiger partial charge in [-0.15, -0.1) is 0 Å². The van der Waals surface area contributed by atoms with Crippen molar-refractivity contribution in [3.63, 3.8) is 0 Å². The fraction of sp³-hybridized carbons (Fsp3) is 0.562. The molecule has 0 aromatic heterocycles. The van der Waals surface area contributed by atoms with Gasteiger partial charge in [-0.25, -0.2) is 0 Å². The van der Waals surface area contributed by atoms with Crippen molar-refractivity contribution in [2.24, 2.45) is 0 Å². The number of nitrogens with one attached hydrogen (secondary N) is 1. The first-order valence-corrected chi connectivity index (χ1v) is 6.63. The van der Waals surface area contributed by atoms with Crippen molar-refractivity contribution in [1.82, 2.24) is 0 Å². The molecule has 0 saturated heterocycles. The molecule has 3 nitrogen and oxygen atoms in total. The molecule has 0 fully saturated rings. The van der Waals surface area contributed by atoms with Crippen molar-refractivity contribution >= 4 is 11.6 Å². The molecule has 0 radical (unpaired) electrons. The van der Waals surface area contributed by atoms with Gasteiger partial charge in [0.25, 0.3) is 0 Å². The highest BCUT2D eigenvalue weighted by Crippen LogP contribution is 2.29. The summed E-state index contributed by atoms with van der Waals surface area (Å²) in [6.07, 6.45) is 0. The highest BCUT2D eigenvalue weighted by molar-refractivity contribution is 5.92. The van der Waals surface area contributed by atoms with Crippen LogP contribution in [0.1, 0.15) is 47.1 Å². The van der Waals surface area contributed by atoms with Gasteiger partial charge in [0.05, 0.1) is 5.60 Å². The molecule has 1 rings (SSSR count). The Kier molecular flexibility index (Phi) is 4.75. The number of hydrogen-bond donors (Lipinski definition) is 1. The van der Waals surface area contributed by atoms with E-state index in [1.807, 2.05) is 45.0 Å². The van der Waals surface area contributed by atoms with E-state index >= 15 is 0 Å². The molecule has 0 heterocycles. The maximum atomic E-state index is 11.9. The molecular weight excluding hydrogens is 238 g/mol. The standard InChI is InChI=1S/C16H25NO2/c1-15(2,3)12-9-7-8-10-13(12)17-14(18)11-19-16(4,5)6/h7-10H,11H2,1-6H3,(H,17,18). The lowest BCUT2D eigenvalue weighted by Crippen LogP contribution is -2.28. The first-order valence-electron chi connectivity index (χ1n) is 6.63. The molecular formula is C16H25NO2. The summed E-state index contributed by atoms with van der Waals surface area (Å²) in [5, 5.41) is 2.93. The average molecular weight is 263 g/mol. The summed E-state index contributed by atoms with van der Waals surface area (Å²) in [6, 6.07) is 7.88. The van der Waals surface area contributed by atoms with Gasteiger partial charge in [-0.1, -0.05) is 39.0 Å². The third-order valence-electron chi connectivity index (χ3n) is 2.65. The molecule has 0 aliphatic rings. The lowest BCUT2D eigenvalue weighted by atomic mass is 9.86. The largest absolute Gasteiger partial charge is 0.366 e. The number of para-hydroxylation sites is 1. The zero-order chi connectivity index (χ0) is 14.7. The van der Waals surface area contributed by atoms with Crippen LogP contribution >= 0.6 is 0 Å². The van der Waals surface area contributed by atoms with Crippen LogP contribution in [0, 0.1) is 0 Å². The lowest BCUT2D eigenvalue weighted by molar-refractivity contribution is -0.125. The number of amides is 1. The van der Waals surface area contributed by atoms with Gasteiger partial charge >= 0.3 is 0 Å². The summed E-state index contributed by atoms with van der Waals surface area (Å²) in [5.41, 5.74) is 1.67. The van der Waals surface area contributed by atoms with Gasteiger partial charge < -0.3 is 10.1 Å². The van der Waals surface area contributed by atoms with Gasteiger partial charge in [-0.2, -0.15) is 0 Å². The van der Waals surface area contributed by atoms with Crippen LogP contribution in [0.3, 0.4) is 0 Å². The molecule has 1 aromatic carbocycles. The third kappa shape index (κ3) is 5.43. The molecule has 0 spiro atoms. The molecule has 0 aliphatic heterocycles. The number of anilines is 1. The van der Waals surface area contributed by atoms with Crippen LogP contribution in [0.15, 0.2) is 24.3 Å². The quantitative estimate of drug-likeness (QED) is 0.902. The summed E-state index contributed by atoms with van der Waals surface area (Å²) >= 11 is 0.